The summed E-state index contributed by atoms with van der Waals surface area (Å²) in [6, 6.07) is 22.0. The van der Waals surface area contributed by atoms with E-state index in [0.29, 0.717) is 35.0 Å². The summed E-state index contributed by atoms with van der Waals surface area (Å²) in [5, 5.41) is 20.8. The lowest BCUT2D eigenvalue weighted by atomic mass is 10.0. The molecule has 1 amide bonds. The van der Waals surface area contributed by atoms with Crippen LogP contribution in [0.5, 0.6) is 0 Å². The first-order valence-electron chi connectivity index (χ1n) is 11.6. The van der Waals surface area contributed by atoms with Crippen LogP contribution in [-0.4, -0.2) is 31.9 Å². The average molecular weight is 499 g/mol. The van der Waals surface area contributed by atoms with Gasteiger partial charge in [-0.3, -0.25) is 5.32 Å². The molecule has 0 aliphatic heterocycles. The number of halogens is 1. The first kappa shape index (κ1) is 23.9. The van der Waals surface area contributed by atoms with Crippen molar-refractivity contribution in [3.63, 3.8) is 0 Å². The summed E-state index contributed by atoms with van der Waals surface area (Å²) in [5.74, 6) is 0.619. The number of ether oxygens (including phenoxy) is 1. The molecule has 37 heavy (non-hydrogen) atoms. The zero-order valence-electron chi connectivity index (χ0n) is 20.1. The standard InChI is InChI=1S/C27H23FN6O3/c1-16(22-5-3-4-6-23(22)28)36-27(35)29-25-17(2)37-32-26(25)21-13-11-20(12-14-21)19-9-7-18(8-10-19)15-24-30-33-34-31-24/h3-14,16H,15H2,1-2H3,(H,29,35)(H,30,31,33,34)/t16-/m1/s1. The molecule has 3 aromatic carbocycles. The van der Waals surface area contributed by atoms with E-state index in [4.69, 9.17) is 9.26 Å². The molecule has 0 radical (unpaired) electrons. The van der Waals surface area contributed by atoms with Gasteiger partial charge in [0.05, 0.1) is 0 Å². The number of anilines is 1. The van der Waals surface area contributed by atoms with Crippen molar-refractivity contribution < 1.29 is 18.4 Å². The van der Waals surface area contributed by atoms with Crippen molar-refractivity contribution in [1.82, 2.24) is 25.8 Å². The first-order valence-corrected chi connectivity index (χ1v) is 11.6. The fraction of sp³-hybridized carbons (Fsp3) is 0.148. The van der Waals surface area contributed by atoms with Crippen LogP contribution in [0.2, 0.25) is 0 Å². The zero-order chi connectivity index (χ0) is 25.8. The summed E-state index contributed by atoms with van der Waals surface area (Å²) in [6.07, 6.45) is -0.915. The van der Waals surface area contributed by atoms with E-state index in [0.717, 1.165) is 22.3 Å². The fourth-order valence-corrected chi connectivity index (χ4v) is 3.95. The molecule has 0 aliphatic rings. The second-order valence-electron chi connectivity index (χ2n) is 8.44. The molecule has 9 nitrogen and oxygen atoms in total. The number of amides is 1. The van der Waals surface area contributed by atoms with Crippen LogP contribution in [0.4, 0.5) is 14.9 Å². The van der Waals surface area contributed by atoms with Gasteiger partial charge in [0, 0.05) is 17.5 Å². The number of aromatic nitrogens is 5. The van der Waals surface area contributed by atoms with E-state index < -0.39 is 18.0 Å². The number of rotatable bonds is 7. The van der Waals surface area contributed by atoms with Crippen LogP contribution in [0.1, 0.15) is 35.7 Å². The maximum absolute atomic E-state index is 14.0. The van der Waals surface area contributed by atoms with E-state index in [1.54, 1.807) is 32.0 Å². The Morgan fingerprint density at radius 1 is 1.03 bits per heavy atom. The molecule has 5 rings (SSSR count). The Labute approximate surface area is 211 Å². The number of hydrogen-bond donors (Lipinski definition) is 2. The van der Waals surface area contributed by atoms with Gasteiger partial charge in [0.15, 0.2) is 11.6 Å². The van der Waals surface area contributed by atoms with Crippen molar-refractivity contribution in [2.45, 2.75) is 26.4 Å². The van der Waals surface area contributed by atoms with Gasteiger partial charge in [-0.25, -0.2) is 9.18 Å². The molecule has 2 N–H and O–H groups in total. The van der Waals surface area contributed by atoms with Gasteiger partial charge in [-0.05, 0) is 36.6 Å². The number of benzene rings is 3. The molecule has 0 saturated carbocycles. The third-order valence-electron chi connectivity index (χ3n) is 5.91. The Morgan fingerprint density at radius 2 is 1.70 bits per heavy atom. The number of carbonyl (C=O) groups is 1. The van der Waals surface area contributed by atoms with Crippen molar-refractivity contribution >= 4 is 11.8 Å². The van der Waals surface area contributed by atoms with E-state index in [2.05, 4.69) is 31.1 Å². The molecule has 0 bridgehead atoms. The van der Waals surface area contributed by atoms with E-state index >= 15 is 0 Å². The fourth-order valence-electron chi connectivity index (χ4n) is 3.95. The van der Waals surface area contributed by atoms with Gasteiger partial charge in [0.1, 0.15) is 23.3 Å². The predicted octanol–water partition coefficient (Wildman–Crippen LogP) is 5.87. The minimum absolute atomic E-state index is 0.290. The number of aromatic amines is 1. The van der Waals surface area contributed by atoms with Crippen LogP contribution in [0.15, 0.2) is 77.3 Å². The van der Waals surface area contributed by atoms with Crippen LogP contribution in [-0.2, 0) is 11.2 Å². The lowest BCUT2D eigenvalue weighted by Gasteiger charge is -2.15. The highest BCUT2D eigenvalue weighted by atomic mass is 19.1. The van der Waals surface area contributed by atoms with Crippen molar-refractivity contribution in [1.29, 1.82) is 0 Å². The van der Waals surface area contributed by atoms with Crippen LogP contribution < -0.4 is 5.32 Å². The molecule has 2 heterocycles. The Hall–Kier alpha value is -4.86. The van der Waals surface area contributed by atoms with Crippen LogP contribution in [0.3, 0.4) is 0 Å². The molecule has 5 aromatic rings. The second kappa shape index (κ2) is 10.4. The lowest BCUT2D eigenvalue weighted by molar-refractivity contribution is 0.119. The van der Waals surface area contributed by atoms with Gasteiger partial charge in [0.2, 0.25) is 0 Å². The maximum atomic E-state index is 14.0. The van der Waals surface area contributed by atoms with Crippen molar-refractivity contribution in [3.8, 4) is 22.4 Å². The molecule has 10 heteroatoms. The molecule has 0 fully saturated rings. The summed E-state index contributed by atoms with van der Waals surface area (Å²) in [6.45, 7) is 3.30. The molecule has 0 unspecified atom stereocenters. The molecular weight excluding hydrogens is 475 g/mol. The molecule has 2 aromatic heterocycles. The summed E-state index contributed by atoms with van der Waals surface area (Å²) in [5.41, 5.74) is 5.04. The Kier molecular flexibility index (Phi) is 6.71. The molecule has 0 aliphatic carbocycles. The molecule has 186 valence electrons. The third-order valence-corrected chi connectivity index (χ3v) is 5.91. The molecule has 0 saturated heterocycles. The van der Waals surface area contributed by atoms with Gasteiger partial charge >= 0.3 is 6.09 Å². The van der Waals surface area contributed by atoms with Crippen LogP contribution >= 0.6 is 0 Å². The van der Waals surface area contributed by atoms with Gasteiger partial charge in [0.25, 0.3) is 0 Å². The van der Waals surface area contributed by atoms with Gasteiger partial charge < -0.3 is 9.26 Å². The Morgan fingerprint density at radius 3 is 2.38 bits per heavy atom. The largest absolute Gasteiger partial charge is 0.441 e. The van der Waals surface area contributed by atoms with Crippen molar-refractivity contribution in [2.75, 3.05) is 5.32 Å². The number of nitrogens with zero attached hydrogens (tertiary/aromatic N) is 4. The Balaban J connectivity index is 1.28. The van der Waals surface area contributed by atoms with E-state index in [1.165, 1.54) is 6.07 Å². The molecular formula is C27H23FN6O3. The zero-order valence-corrected chi connectivity index (χ0v) is 20.1. The van der Waals surface area contributed by atoms with E-state index in [1.807, 2.05) is 48.5 Å². The third kappa shape index (κ3) is 5.37. The van der Waals surface area contributed by atoms with Crippen molar-refractivity contribution in [2.24, 2.45) is 0 Å². The summed E-state index contributed by atoms with van der Waals surface area (Å²) >= 11 is 0. The molecule has 1 atom stereocenters. The normalized spacial score (nSPS) is 11.8. The number of nitrogens with one attached hydrogen (secondary N) is 2. The van der Waals surface area contributed by atoms with Crippen molar-refractivity contribution in [3.05, 3.63) is 101 Å². The quantitative estimate of drug-likeness (QED) is 0.288. The SMILES string of the molecule is Cc1onc(-c2ccc(-c3ccc(Cc4nn[nH]n4)cc3)cc2)c1NC(=O)O[C@H](C)c1ccccc1F. The van der Waals surface area contributed by atoms with E-state index in [-0.39, 0.29) is 0 Å². The number of tetrazole rings is 1. The maximum Gasteiger partial charge on any atom is 0.412 e. The Bertz CT molecular complexity index is 1500. The highest BCUT2D eigenvalue weighted by Gasteiger charge is 2.21. The molecule has 0 spiro atoms. The highest BCUT2D eigenvalue weighted by molar-refractivity contribution is 5.91. The number of carbonyl (C=O) groups excluding carboxylic acids is 1. The minimum atomic E-state index is -0.775. The average Bonchev–Trinajstić information content (AvgIpc) is 3.55. The van der Waals surface area contributed by atoms with Gasteiger partial charge in [-0.15, -0.1) is 10.2 Å². The topological polar surface area (TPSA) is 119 Å². The smallest absolute Gasteiger partial charge is 0.412 e. The van der Waals surface area contributed by atoms with Crippen LogP contribution in [0, 0.1) is 12.7 Å². The van der Waals surface area contributed by atoms with Gasteiger partial charge in [-0.1, -0.05) is 77.1 Å². The number of hydrogen-bond acceptors (Lipinski definition) is 7. The monoisotopic (exact) mass is 498 g/mol. The predicted molar refractivity (Wildman–Crippen MR) is 134 cm³/mol. The first-order chi connectivity index (χ1) is 18.0. The van der Waals surface area contributed by atoms with Gasteiger partial charge in [-0.2, -0.15) is 5.21 Å². The second-order valence-corrected chi connectivity index (χ2v) is 8.44. The van der Waals surface area contributed by atoms with Crippen LogP contribution in [0.25, 0.3) is 22.4 Å². The number of aryl methyl sites for hydroxylation is 1. The van der Waals surface area contributed by atoms with E-state index in [9.17, 15) is 9.18 Å². The summed E-state index contributed by atoms with van der Waals surface area (Å²) < 4.78 is 24.7. The summed E-state index contributed by atoms with van der Waals surface area (Å²) in [7, 11) is 0. The lowest BCUT2D eigenvalue weighted by Crippen LogP contribution is -2.17. The minimum Gasteiger partial charge on any atom is -0.441 e. The highest BCUT2D eigenvalue weighted by Crippen LogP contribution is 2.32. The summed E-state index contributed by atoms with van der Waals surface area (Å²) in [4.78, 5) is 12.6. The number of H-pyrrole nitrogens is 1.